The first-order chi connectivity index (χ1) is 19.6. The lowest BCUT2D eigenvalue weighted by atomic mass is 9.91. The molecule has 2 aromatic carbocycles. The highest BCUT2D eigenvalue weighted by molar-refractivity contribution is 6.05. The Kier molecular flexibility index (Phi) is 10.0. The molecule has 0 N–H and O–H groups in total. The maximum Gasteiger partial charge on any atom is 0.262 e. The molecule has 0 radical (unpaired) electrons. The quantitative estimate of drug-likeness (QED) is 0.428. The summed E-state index contributed by atoms with van der Waals surface area (Å²) in [5.41, 5.74) is 3.52. The van der Waals surface area contributed by atoms with Gasteiger partial charge in [-0.05, 0) is 30.0 Å². The van der Waals surface area contributed by atoms with E-state index in [1.807, 2.05) is 70.2 Å². The summed E-state index contributed by atoms with van der Waals surface area (Å²) in [5.74, 6) is 1.08. The summed E-state index contributed by atoms with van der Waals surface area (Å²) in [6.07, 6.45) is 0.892. The monoisotopic (exact) mass is 564 g/mol. The van der Waals surface area contributed by atoms with Crippen LogP contribution in [0.15, 0.2) is 47.6 Å². The maximum absolute atomic E-state index is 14.0. The fourth-order valence-electron chi connectivity index (χ4n) is 5.17. The summed E-state index contributed by atoms with van der Waals surface area (Å²) in [6.45, 7) is 12.3. The number of ether oxygens (including phenoxy) is 3. The van der Waals surface area contributed by atoms with E-state index in [4.69, 9.17) is 19.3 Å². The molecular formula is C32H44N4O5. The van der Waals surface area contributed by atoms with Gasteiger partial charge in [0, 0.05) is 50.7 Å². The van der Waals surface area contributed by atoms with Gasteiger partial charge in [0.25, 0.3) is 5.91 Å². The normalized spacial score (nSPS) is 17.8. The van der Waals surface area contributed by atoms with Crippen molar-refractivity contribution in [3.8, 4) is 11.5 Å². The van der Waals surface area contributed by atoms with E-state index < -0.39 is 0 Å². The maximum atomic E-state index is 14.0. The van der Waals surface area contributed by atoms with Crippen molar-refractivity contribution < 1.29 is 23.8 Å². The van der Waals surface area contributed by atoms with E-state index in [0.29, 0.717) is 50.6 Å². The molecule has 0 aliphatic carbocycles. The van der Waals surface area contributed by atoms with Gasteiger partial charge >= 0.3 is 0 Å². The van der Waals surface area contributed by atoms with Gasteiger partial charge in [0.15, 0.2) is 0 Å². The topological polar surface area (TPSA) is 83.9 Å². The minimum absolute atomic E-state index is 0.0220. The number of hydrazone groups is 1. The zero-order valence-electron chi connectivity index (χ0n) is 25.3. The average molecular weight is 565 g/mol. The van der Waals surface area contributed by atoms with Gasteiger partial charge in [-0.15, -0.1) is 0 Å². The smallest absolute Gasteiger partial charge is 0.262 e. The molecule has 0 spiro atoms. The number of nitrogens with zero attached hydrogens (tertiary/aromatic N) is 4. The van der Waals surface area contributed by atoms with Crippen molar-refractivity contribution in [2.45, 2.75) is 46.6 Å². The second-order valence-corrected chi connectivity index (χ2v) is 12.0. The first-order valence-corrected chi connectivity index (χ1v) is 14.3. The van der Waals surface area contributed by atoms with Crippen molar-refractivity contribution in [1.29, 1.82) is 0 Å². The van der Waals surface area contributed by atoms with Gasteiger partial charge in [0.05, 0.1) is 39.2 Å². The number of aryl methyl sites for hydroxylation is 1. The Labute approximate surface area is 244 Å². The third kappa shape index (κ3) is 8.07. The van der Waals surface area contributed by atoms with E-state index in [1.165, 1.54) is 0 Å². The van der Waals surface area contributed by atoms with Crippen molar-refractivity contribution in [1.82, 2.24) is 14.8 Å². The van der Waals surface area contributed by atoms with Gasteiger partial charge < -0.3 is 19.1 Å². The fraction of sp³-hybridized carbons (Fsp3) is 0.531. The van der Waals surface area contributed by atoms with Crippen molar-refractivity contribution in [2.75, 3.05) is 60.2 Å². The lowest BCUT2D eigenvalue weighted by Crippen LogP contribution is -2.47. The zero-order chi connectivity index (χ0) is 29.6. The van der Waals surface area contributed by atoms with Crippen LogP contribution in [0, 0.1) is 12.3 Å². The Bertz CT molecular complexity index is 1230. The molecule has 0 aromatic heterocycles. The van der Waals surface area contributed by atoms with E-state index in [9.17, 15) is 9.59 Å². The fourth-order valence-corrected chi connectivity index (χ4v) is 5.17. The predicted molar refractivity (Wildman–Crippen MR) is 159 cm³/mol. The van der Waals surface area contributed by atoms with Gasteiger partial charge in [-0.3, -0.25) is 14.5 Å². The second-order valence-electron chi connectivity index (χ2n) is 12.0. The number of hydrogen-bond acceptors (Lipinski definition) is 7. The SMILES string of the molecule is COc1ccc(C2=NN(C(=O)CN(CCN3CCOCC3)C(=O)CC(C)(C)C)C(c3ccc(C)cc3)C2)c(OC)c1. The highest BCUT2D eigenvalue weighted by Gasteiger charge is 2.35. The van der Waals surface area contributed by atoms with Crippen LogP contribution in [0.25, 0.3) is 0 Å². The molecule has 1 fully saturated rings. The zero-order valence-corrected chi connectivity index (χ0v) is 25.3. The first kappa shape index (κ1) is 30.5. The molecular weight excluding hydrogens is 520 g/mol. The van der Waals surface area contributed by atoms with Crippen LogP contribution < -0.4 is 9.47 Å². The predicted octanol–water partition coefficient (Wildman–Crippen LogP) is 4.29. The summed E-state index contributed by atoms with van der Waals surface area (Å²) in [5, 5.41) is 6.42. The van der Waals surface area contributed by atoms with Crippen LogP contribution in [0.4, 0.5) is 0 Å². The number of benzene rings is 2. The Morgan fingerprint density at radius 1 is 1.05 bits per heavy atom. The molecule has 4 rings (SSSR count). The lowest BCUT2D eigenvalue weighted by Gasteiger charge is -2.32. The number of carbonyl (C=O) groups excluding carboxylic acids is 2. The van der Waals surface area contributed by atoms with Crippen LogP contribution in [-0.4, -0.2) is 92.5 Å². The largest absolute Gasteiger partial charge is 0.497 e. The summed E-state index contributed by atoms with van der Waals surface area (Å²) >= 11 is 0. The molecule has 2 aliphatic heterocycles. The van der Waals surface area contributed by atoms with Crippen LogP contribution in [0.5, 0.6) is 11.5 Å². The van der Waals surface area contributed by atoms with E-state index in [2.05, 4.69) is 4.90 Å². The highest BCUT2D eigenvalue weighted by atomic mass is 16.5. The number of hydrogen-bond donors (Lipinski definition) is 0. The van der Waals surface area contributed by atoms with Crippen LogP contribution >= 0.6 is 0 Å². The molecule has 9 nitrogen and oxygen atoms in total. The molecule has 1 unspecified atom stereocenters. The van der Waals surface area contributed by atoms with E-state index in [1.54, 1.807) is 24.1 Å². The molecule has 0 bridgehead atoms. The van der Waals surface area contributed by atoms with Crippen molar-refractivity contribution in [3.05, 3.63) is 59.2 Å². The number of amides is 2. The van der Waals surface area contributed by atoms with Crippen LogP contribution in [0.3, 0.4) is 0 Å². The Balaban J connectivity index is 1.61. The number of methoxy groups -OCH3 is 2. The van der Waals surface area contributed by atoms with Crippen molar-refractivity contribution in [3.63, 3.8) is 0 Å². The standard InChI is InChI=1S/C32H44N4O5/c1-23-7-9-24(10-8-23)28-20-27(26-12-11-25(39-5)19-29(26)40-6)33-36(28)31(38)22-35(30(37)21-32(2,3)4)14-13-34-15-17-41-18-16-34/h7-12,19,28H,13-18,20-22H2,1-6H3. The first-order valence-electron chi connectivity index (χ1n) is 14.3. The minimum Gasteiger partial charge on any atom is -0.497 e. The van der Waals surface area contributed by atoms with Crippen LogP contribution in [-0.2, 0) is 14.3 Å². The van der Waals surface area contributed by atoms with E-state index >= 15 is 0 Å². The molecule has 1 saturated heterocycles. The molecule has 9 heteroatoms. The van der Waals surface area contributed by atoms with E-state index in [-0.39, 0.29) is 29.8 Å². The minimum atomic E-state index is -0.288. The number of carbonyl (C=O) groups is 2. The third-order valence-electron chi connectivity index (χ3n) is 7.50. The average Bonchev–Trinajstić information content (AvgIpc) is 3.40. The van der Waals surface area contributed by atoms with Gasteiger partial charge in [0.1, 0.15) is 18.0 Å². The van der Waals surface area contributed by atoms with Crippen LogP contribution in [0.1, 0.15) is 56.3 Å². The van der Waals surface area contributed by atoms with Gasteiger partial charge in [-0.2, -0.15) is 5.10 Å². The third-order valence-corrected chi connectivity index (χ3v) is 7.50. The van der Waals surface area contributed by atoms with Crippen molar-refractivity contribution in [2.24, 2.45) is 10.5 Å². The highest BCUT2D eigenvalue weighted by Crippen LogP contribution is 2.36. The lowest BCUT2D eigenvalue weighted by molar-refractivity contribution is -0.142. The van der Waals surface area contributed by atoms with E-state index in [0.717, 1.165) is 35.5 Å². The number of morpholine rings is 1. The Morgan fingerprint density at radius 2 is 1.76 bits per heavy atom. The molecule has 0 saturated carbocycles. The summed E-state index contributed by atoms with van der Waals surface area (Å²) in [7, 11) is 3.22. The summed E-state index contributed by atoms with van der Waals surface area (Å²) in [4.78, 5) is 31.4. The summed E-state index contributed by atoms with van der Waals surface area (Å²) < 4.78 is 16.5. The molecule has 41 heavy (non-hydrogen) atoms. The second kappa shape index (κ2) is 13.5. The van der Waals surface area contributed by atoms with Gasteiger partial charge in [-0.1, -0.05) is 50.6 Å². The summed E-state index contributed by atoms with van der Waals surface area (Å²) in [6, 6.07) is 13.5. The molecule has 2 aliphatic rings. The number of rotatable bonds is 10. The Hall–Kier alpha value is -3.43. The van der Waals surface area contributed by atoms with Crippen molar-refractivity contribution >= 4 is 17.5 Å². The van der Waals surface area contributed by atoms with Gasteiger partial charge in [0.2, 0.25) is 5.91 Å². The van der Waals surface area contributed by atoms with Gasteiger partial charge in [-0.25, -0.2) is 5.01 Å². The Morgan fingerprint density at radius 3 is 2.39 bits per heavy atom. The molecule has 2 amide bonds. The molecule has 2 aromatic rings. The molecule has 1 atom stereocenters. The molecule has 2 heterocycles. The van der Waals surface area contributed by atoms with Crippen LogP contribution in [0.2, 0.25) is 0 Å². The molecule has 222 valence electrons.